The second-order valence-corrected chi connectivity index (χ2v) is 6.30. The van der Waals surface area contributed by atoms with Gasteiger partial charge in [-0.05, 0) is 67.6 Å². The van der Waals surface area contributed by atoms with Crippen molar-refractivity contribution in [3.63, 3.8) is 0 Å². The Labute approximate surface area is 166 Å². The molecule has 0 unspecified atom stereocenters. The molecule has 0 bridgehead atoms. The third kappa shape index (κ3) is 3.45. The largest absolute Gasteiger partial charge is 0.494 e. The fourth-order valence-corrected chi connectivity index (χ4v) is 3.07. The Morgan fingerprint density at radius 2 is 1.72 bits per heavy atom. The van der Waals surface area contributed by atoms with Crippen molar-refractivity contribution in [3.05, 3.63) is 83.7 Å². The van der Waals surface area contributed by atoms with Crippen LogP contribution in [0.25, 0.3) is 0 Å². The molecule has 3 aromatic rings. The van der Waals surface area contributed by atoms with Crippen LogP contribution in [0.4, 0.5) is 11.4 Å². The molecule has 144 valence electrons. The van der Waals surface area contributed by atoms with Crippen molar-refractivity contribution >= 4 is 29.1 Å². The quantitative estimate of drug-likeness (QED) is 0.677. The summed E-state index contributed by atoms with van der Waals surface area (Å²) in [4.78, 5) is 42.5. The van der Waals surface area contributed by atoms with Crippen molar-refractivity contribution in [2.24, 2.45) is 0 Å². The van der Waals surface area contributed by atoms with E-state index in [1.54, 1.807) is 60.7 Å². The van der Waals surface area contributed by atoms with Gasteiger partial charge < -0.3 is 10.1 Å². The van der Waals surface area contributed by atoms with Gasteiger partial charge in [-0.1, -0.05) is 0 Å². The van der Waals surface area contributed by atoms with E-state index in [-0.39, 0.29) is 17.2 Å². The van der Waals surface area contributed by atoms with E-state index in [2.05, 4.69) is 10.3 Å². The lowest BCUT2D eigenvalue weighted by molar-refractivity contribution is 0.0924. The normalized spacial score (nSPS) is 12.7. The van der Waals surface area contributed by atoms with Crippen molar-refractivity contribution in [2.45, 2.75) is 6.92 Å². The number of nitrogens with zero attached hydrogens (tertiary/aromatic N) is 2. The van der Waals surface area contributed by atoms with E-state index in [1.807, 2.05) is 6.92 Å². The number of carbonyl (C=O) groups is 3. The van der Waals surface area contributed by atoms with Crippen LogP contribution < -0.4 is 15.0 Å². The zero-order valence-corrected chi connectivity index (χ0v) is 15.6. The smallest absolute Gasteiger partial charge is 0.284 e. The van der Waals surface area contributed by atoms with Gasteiger partial charge in [0.25, 0.3) is 17.7 Å². The zero-order valence-electron chi connectivity index (χ0n) is 15.6. The number of rotatable bonds is 5. The van der Waals surface area contributed by atoms with Gasteiger partial charge in [0.2, 0.25) is 0 Å². The molecule has 1 aromatic heterocycles. The molecule has 1 N–H and O–H groups in total. The average molecular weight is 387 g/mol. The first-order chi connectivity index (χ1) is 14.1. The molecule has 4 rings (SSSR count). The third-order valence-electron chi connectivity index (χ3n) is 4.46. The molecule has 0 fully saturated rings. The number of hydrogen-bond donors (Lipinski definition) is 1. The topological polar surface area (TPSA) is 88.6 Å². The van der Waals surface area contributed by atoms with Gasteiger partial charge in [0, 0.05) is 17.4 Å². The highest BCUT2D eigenvalue weighted by molar-refractivity contribution is 6.33. The number of anilines is 2. The molecule has 2 aromatic carbocycles. The van der Waals surface area contributed by atoms with E-state index in [1.165, 1.54) is 6.20 Å². The molecule has 3 amide bonds. The summed E-state index contributed by atoms with van der Waals surface area (Å²) < 4.78 is 5.38. The predicted octanol–water partition coefficient (Wildman–Crippen LogP) is 3.53. The molecule has 1 aliphatic rings. The van der Waals surface area contributed by atoms with Crippen LogP contribution in [-0.2, 0) is 0 Å². The van der Waals surface area contributed by atoms with Crippen LogP contribution in [0.3, 0.4) is 0 Å². The zero-order chi connectivity index (χ0) is 20.4. The molecule has 0 spiro atoms. The van der Waals surface area contributed by atoms with Crippen LogP contribution in [-0.4, -0.2) is 29.3 Å². The minimum atomic E-state index is -0.475. The number of ether oxygens (including phenoxy) is 1. The van der Waals surface area contributed by atoms with E-state index in [9.17, 15) is 14.4 Å². The molecule has 0 saturated heterocycles. The minimum Gasteiger partial charge on any atom is -0.494 e. The third-order valence-corrected chi connectivity index (χ3v) is 4.46. The Bertz CT molecular complexity index is 1060. The van der Waals surface area contributed by atoms with Crippen molar-refractivity contribution in [1.29, 1.82) is 0 Å². The first-order valence-electron chi connectivity index (χ1n) is 9.06. The van der Waals surface area contributed by atoms with Gasteiger partial charge in [-0.2, -0.15) is 0 Å². The number of carbonyl (C=O) groups excluding carboxylic acids is 3. The van der Waals surface area contributed by atoms with Crippen molar-refractivity contribution in [2.75, 3.05) is 16.8 Å². The Balaban J connectivity index is 1.49. The van der Waals surface area contributed by atoms with Crippen LogP contribution in [0.1, 0.15) is 38.1 Å². The van der Waals surface area contributed by atoms with E-state index < -0.39 is 11.8 Å². The maximum absolute atomic E-state index is 12.5. The molecule has 29 heavy (non-hydrogen) atoms. The Hall–Kier alpha value is -4.00. The second-order valence-electron chi connectivity index (χ2n) is 6.30. The molecule has 2 heterocycles. The van der Waals surface area contributed by atoms with Crippen molar-refractivity contribution in [1.82, 2.24) is 4.98 Å². The number of amides is 3. The molecular weight excluding hydrogens is 370 g/mol. The average Bonchev–Trinajstić information content (AvgIpc) is 3.00. The number of aromatic nitrogens is 1. The summed E-state index contributed by atoms with van der Waals surface area (Å²) in [6.45, 7) is 2.47. The summed E-state index contributed by atoms with van der Waals surface area (Å²) in [6, 6.07) is 16.5. The SMILES string of the molecule is CCOc1ccc(NC(=O)c2ccc(N3C(=O)c4cccnc4C3=O)cc2)cc1. The standard InChI is InChI=1S/C22H17N3O4/c1-2-29-17-11-7-15(8-12-17)24-20(26)14-5-9-16(10-6-14)25-21(27)18-4-3-13-23-19(18)22(25)28/h3-13H,2H2,1H3,(H,24,26). The van der Waals surface area contributed by atoms with E-state index in [0.29, 0.717) is 23.5 Å². The van der Waals surface area contributed by atoms with E-state index in [4.69, 9.17) is 4.74 Å². The van der Waals surface area contributed by atoms with Gasteiger partial charge in [-0.25, -0.2) is 4.90 Å². The Morgan fingerprint density at radius 1 is 1.00 bits per heavy atom. The highest BCUT2D eigenvalue weighted by atomic mass is 16.5. The second kappa shape index (κ2) is 7.55. The summed E-state index contributed by atoms with van der Waals surface area (Å²) >= 11 is 0. The fraction of sp³-hybridized carbons (Fsp3) is 0.0909. The summed E-state index contributed by atoms with van der Waals surface area (Å²) in [6.07, 6.45) is 1.47. The predicted molar refractivity (Wildman–Crippen MR) is 107 cm³/mol. The van der Waals surface area contributed by atoms with Crippen molar-refractivity contribution in [3.8, 4) is 5.75 Å². The van der Waals surface area contributed by atoms with Crippen LogP contribution >= 0.6 is 0 Å². The molecule has 7 nitrogen and oxygen atoms in total. The monoisotopic (exact) mass is 387 g/mol. The van der Waals surface area contributed by atoms with Crippen LogP contribution in [0.15, 0.2) is 66.9 Å². The maximum atomic E-state index is 12.5. The summed E-state index contributed by atoms with van der Waals surface area (Å²) in [7, 11) is 0. The first-order valence-corrected chi connectivity index (χ1v) is 9.06. The van der Waals surface area contributed by atoms with Gasteiger partial charge in [-0.15, -0.1) is 0 Å². The Kier molecular flexibility index (Phi) is 4.78. The fourth-order valence-electron chi connectivity index (χ4n) is 3.07. The lowest BCUT2D eigenvalue weighted by Crippen LogP contribution is -2.29. The molecule has 0 saturated carbocycles. The van der Waals surface area contributed by atoms with Gasteiger partial charge in [0.15, 0.2) is 0 Å². The molecular formula is C22H17N3O4. The van der Waals surface area contributed by atoms with Crippen LogP contribution in [0.5, 0.6) is 5.75 Å². The number of benzene rings is 2. The van der Waals surface area contributed by atoms with Gasteiger partial charge in [0.05, 0.1) is 17.9 Å². The highest BCUT2D eigenvalue weighted by Gasteiger charge is 2.37. The molecule has 0 aliphatic carbocycles. The maximum Gasteiger partial charge on any atom is 0.284 e. The summed E-state index contributed by atoms with van der Waals surface area (Å²) in [5.74, 6) is -0.475. The number of fused-ring (bicyclic) bond motifs is 1. The highest BCUT2D eigenvalue weighted by Crippen LogP contribution is 2.27. The first kappa shape index (κ1) is 18.4. The van der Waals surface area contributed by atoms with Gasteiger partial charge in [-0.3, -0.25) is 19.4 Å². The number of pyridine rings is 1. The summed E-state index contributed by atoms with van der Waals surface area (Å²) in [5, 5.41) is 2.80. The molecule has 1 aliphatic heterocycles. The van der Waals surface area contributed by atoms with E-state index >= 15 is 0 Å². The van der Waals surface area contributed by atoms with Gasteiger partial charge in [0.1, 0.15) is 11.4 Å². The Morgan fingerprint density at radius 3 is 2.38 bits per heavy atom. The number of imide groups is 1. The minimum absolute atomic E-state index is 0.134. The van der Waals surface area contributed by atoms with E-state index in [0.717, 1.165) is 10.6 Å². The van der Waals surface area contributed by atoms with Crippen LogP contribution in [0, 0.1) is 0 Å². The lowest BCUT2D eigenvalue weighted by atomic mass is 10.1. The number of hydrogen-bond acceptors (Lipinski definition) is 5. The van der Waals surface area contributed by atoms with Crippen LogP contribution in [0.2, 0.25) is 0 Å². The summed E-state index contributed by atoms with van der Waals surface area (Å²) in [5.41, 5.74) is 1.83. The molecule has 0 atom stereocenters. The molecule has 0 radical (unpaired) electrons. The van der Waals surface area contributed by atoms with Crippen molar-refractivity contribution < 1.29 is 19.1 Å². The lowest BCUT2D eigenvalue weighted by Gasteiger charge is -2.14. The number of nitrogens with one attached hydrogen (secondary N) is 1. The van der Waals surface area contributed by atoms with Gasteiger partial charge >= 0.3 is 0 Å². The molecule has 7 heteroatoms.